The van der Waals surface area contributed by atoms with Gasteiger partial charge in [0.2, 0.25) is 5.91 Å². The molecule has 3 aliphatic rings. The Kier molecular flexibility index (Phi) is 6.52. The van der Waals surface area contributed by atoms with E-state index in [0.717, 1.165) is 25.7 Å². The summed E-state index contributed by atoms with van der Waals surface area (Å²) in [4.78, 5) is 40.5. The van der Waals surface area contributed by atoms with Gasteiger partial charge in [-0.15, -0.1) is 0 Å². The molecule has 4 rings (SSSR count). The smallest absolute Gasteiger partial charge is 0.253 e. The van der Waals surface area contributed by atoms with Crippen molar-refractivity contribution in [3.63, 3.8) is 0 Å². The lowest BCUT2D eigenvalue weighted by atomic mass is 9.84. The predicted molar refractivity (Wildman–Crippen MR) is 113 cm³/mol. The molecule has 1 atom stereocenters. The lowest BCUT2D eigenvalue weighted by Crippen LogP contribution is -2.54. The van der Waals surface area contributed by atoms with Gasteiger partial charge in [0.25, 0.3) is 11.8 Å². The van der Waals surface area contributed by atoms with Crippen molar-refractivity contribution in [3.8, 4) is 0 Å². The molecule has 3 N–H and O–H groups in total. The van der Waals surface area contributed by atoms with Crippen molar-refractivity contribution in [2.75, 3.05) is 43.1 Å². The zero-order chi connectivity index (χ0) is 22.0. The topological polar surface area (TPSA) is 105 Å². The number of primary amides is 1. The first-order chi connectivity index (χ1) is 14.9. The molecule has 2 aliphatic carbocycles. The molecule has 3 fully saturated rings. The fourth-order valence-electron chi connectivity index (χ4n) is 4.16. The number of nitrogens with zero attached hydrogens (tertiary/aromatic N) is 2. The summed E-state index contributed by atoms with van der Waals surface area (Å²) in [7, 11) is 0. The van der Waals surface area contributed by atoms with Gasteiger partial charge in [-0.05, 0) is 55.7 Å². The van der Waals surface area contributed by atoms with Gasteiger partial charge < -0.3 is 20.7 Å². The Morgan fingerprint density at radius 3 is 2.48 bits per heavy atom. The number of nitrogens with two attached hydrogens (primary N) is 1. The van der Waals surface area contributed by atoms with Crippen molar-refractivity contribution < 1.29 is 23.5 Å². The highest BCUT2D eigenvalue weighted by atomic mass is 19.1. The summed E-state index contributed by atoms with van der Waals surface area (Å²) in [6.45, 7) is 1.98. The van der Waals surface area contributed by atoms with E-state index >= 15 is 0 Å². The maximum Gasteiger partial charge on any atom is 0.253 e. The molecule has 1 aliphatic heterocycles. The minimum Gasteiger partial charge on any atom is -0.370 e. The van der Waals surface area contributed by atoms with Gasteiger partial charge in [-0.25, -0.2) is 4.39 Å². The third-order valence-corrected chi connectivity index (χ3v) is 6.30. The van der Waals surface area contributed by atoms with Gasteiger partial charge in [-0.1, -0.05) is 6.42 Å². The van der Waals surface area contributed by atoms with Crippen LogP contribution in [0.1, 0.15) is 32.1 Å². The fraction of sp³-hybridized carbons (Fsp3) is 0.591. The first kappa shape index (κ1) is 21.7. The minimum absolute atomic E-state index is 0.0434. The number of amides is 3. The lowest BCUT2D eigenvalue weighted by Gasteiger charge is -2.35. The van der Waals surface area contributed by atoms with Crippen LogP contribution in [0.2, 0.25) is 0 Å². The van der Waals surface area contributed by atoms with Crippen LogP contribution >= 0.6 is 0 Å². The highest BCUT2D eigenvalue weighted by Crippen LogP contribution is 2.33. The average molecular weight is 432 g/mol. The maximum absolute atomic E-state index is 14.7. The Hall–Kier alpha value is -2.52. The Morgan fingerprint density at radius 2 is 1.94 bits per heavy atom. The minimum atomic E-state index is -1.14. The number of hydrogen-bond acceptors (Lipinski definition) is 5. The van der Waals surface area contributed by atoms with Crippen molar-refractivity contribution in [3.05, 3.63) is 24.0 Å². The van der Waals surface area contributed by atoms with E-state index in [1.54, 1.807) is 6.07 Å². The molecular formula is C22H29FN4O4. The van der Waals surface area contributed by atoms with Crippen molar-refractivity contribution >= 4 is 29.1 Å². The van der Waals surface area contributed by atoms with Crippen LogP contribution in [0.4, 0.5) is 15.8 Å². The van der Waals surface area contributed by atoms with E-state index in [2.05, 4.69) is 5.32 Å². The van der Waals surface area contributed by atoms with Gasteiger partial charge >= 0.3 is 0 Å². The number of rotatable bonds is 9. The van der Waals surface area contributed by atoms with Crippen LogP contribution in [0, 0.1) is 17.7 Å². The first-order valence-electron chi connectivity index (χ1n) is 10.9. The molecule has 1 heterocycles. The molecule has 0 aromatic heterocycles. The van der Waals surface area contributed by atoms with E-state index in [1.807, 2.05) is 4.90 Å². The normalized spacial score (nSPS) is 20.5. The lowest BCUT2D eigenvalue weighted by molar-refractivity contribution is -0.133. The number of hydrogen-bond donors (Lipinski definition) is 2. The second-order valence-corrected chi connectivity index (χ2v) is 8.75. The molecule has 3 amide bonds. The molecule has 0 unspecified atom stereocenters. The molecule has 168 valence electrons. The van der Waals surface area contributed by atoms with E-state index in [4.69, 9.17) is 10.5 Å². The van der Waals surface area contributed by atoms with E-state index in [0.29, 0.717) is 43.8 Å². The third-order valence-electron chi connectivity index (χ3n) is 6.30. The standard InChI is InChI=1S/C22H29FN4O4/c23-17-10-16(27-8-9-31-13-19(27)28)6-7-18(17)25-22(30)20(21(24)29)26(12-15-4-5-15)11-14-2-1-3-14/h6-7,10,14-15,20H,1-5,8-9,11-13H2,(H2,24,29)(H,25,30)/t20-/m0/s1. The average Bonchev–Trinajstić information content (AvgIpc) is 3.50. The van der Waals surface area contributed by atoms with Gasteiger partial charge in [0.05, 0.1) is 12.3 Å². The molecule has 0 spiro atoms. The van der Waals surface area contributed by atoms with Gasteiger partial charge in [0.15, 0.2) is 6.04 Å². The molecule has 1 aromatic carbocycles. The van der Waals surface area contributed by atoms with Crippen molar-refractivity contribution in [1.82, 2.24) is 4.90 Å². The number of benzene rings is 1. The summed E-state index contributed by atoms with van der Waals surface area (Å²) in [5.74, 6) is -1.33. The summed E-state index contributed by atoms with van der Waals surface area (Å²) in [5.41, 5.74) is 5.96. The molecule has 8 nitrogen and oxygen atoms in total. The van der Waals surface area contributed by atoms with E-state index in [-0.39, 0.29) is 18.2 Å². The highest BCUT2D eigenvalue weighted by Gasteiger charge is 2.37. The van der Waals surface area contributed by atoms with E-state index in [9.17, 15) is 18.8 Å². The zero-order valence-corrected chi connectivity index (χ0v) is 17.5. The highest BCUT2D eigenvalue weighted by molar-refractivity contribution is 6.09. The molecule has 1 saturated heterocycles. The van der Waals surface area contributed by atoms with Gasteiger partial charge in [-0.3, -0.25) is 19.3 Å². The Balaban J connectivity index is 1.47. The summed E-state index contributed by atoms with van der Waals surface area (Å²) in [6, 6.07) is 3.04. The number of anilines is 2. The summed E-state index contributed by atoms with van der Waals surface area (Å²) in [6.07, 6.45) is 5.52. The molecule has 9 heteroatoms. The maximum atomic E-state index is 14.7. The largest absolute Gasteiger partial charge is 0.370 e. The Labute approximate surface area is 180 Å². The van der Waals surface area contributed by atoms with Crippen LogP contribution in [-0.4, -0.2) is 61.5 Å². The number of morpholine rings is 1. The Morgan fingerprint density at radius 1 is 1.23 bits per heavy atom. The van der Waals surface area contributed by atoms with E-state index in [1.165, 1.54) is 23.5 Å². The van der Waals surface area contributed by atoms with Gasteiger partial charge in [0, 0.05) is 25.3 Å². The fourth-order valence-corrected chi connectivity index (χ4v) is 4.16. The van der Waals surface area contributed by atoms with Gasteiger partial charge in [0.1, 0.15) is 12.4 Å². The molecule has 0 radical (unpaired) electrons. The Bertz CT molecular complexity index is 856. The third kappa shape index (κ3) is 5.22. The van der Waals surface area contributed by atoms with Crippen LogP contribution < -0.4 is 16.0 Å². The predicted octanol–water partition coefficient (Wildman–Crippen LogP) is 1.49. The number of carbonyl (C=O) groups excluding carboxylic acids is 3. The molecule has 0 bridgehead atoms. The number of halogens is 1. The molecule has 1 aromatic rings. The second-order valence-electron chi connectivity index (χ2n) is 8.75. The van der Waals surface area contributed by atoms with Crippen LogP contribution in [0.25, 0.3) is 0 Å². The summed E-state index contributed by atoms with van der Waals surface area (Å²) >= 11 is 0. The number of nitrogens with one attached hydrogen (secondary N) is 1. The van der Waals surface area contributed by atoms with Crippen LogP contribution in [0.5, 0.6) is 0 Å². The molecule has 2 saturated carbocycles. The molecular weight excluding hydrogens is 403 g/mol. The summed E-state index contributed by atoms with van der Waals surface area (Å²) in [5, 5.41) is 2.53. The monoisotopic (exact) mass is 432 g/mol. The van der Waals surface area contributed by atoms with E-state index < -0.39 is 23.7 Å². The molecule has 31 heavy (non-hydrogen) atoms. The van der Waals surface area contributed by atoms with Crippen molar-refractivity contribution in [1.29, 1.82) is 0 Å². The zero-order valence-electron chi connectivity index (χ0n) is 17.5. The van der Waals surface area contributed by atoms with Gasteiger partial charge in [-0.2, -0.15) is 0 Å². The quantitative estimate of drug-likeness (QED) is 0.576. The number of carbonyl (C=O) groups is 3. The van der Waals surface area contributed by atoms with Crippen LogP contribution in [0.3, 0.4) is 0 Å². The number of ether oxygens (including phenoxy) is 1. The second kappa shape index (κ2) is 9.32. The van der Waals surface area contributed by atoms with Crippen molar-refractivity contribution in [2.24, 2.45) is 17.6 Å². The van der Waals surface area contributed by atoms with Crippen LogP contribution in [-0.2, 0) is 19.1 Å². The summed E-state index contributed by atoms with van der Waals surface area (Å²) < 4.78 is 19.8. The first-order valence-corrected chi connectivity index (χ1v) is 10.9. The van der Waals surface area contributed by atoms with Crippen LogP contribution in [0.15, 0.2) is 18.2 Å². The SMILES string of the molecule is NC(=O)[C@@H](C(=O)Nc1ccc(N2CCOCC2=O)cc1F)N(CC1CCC1)CC1CC1. The van der Waals surface area contributed by atoms with Crippen molar-refractivity contribution in [2.45, 2.75) is 38.1 Å².